The van der Waals surface area contributed by atoms with Crippen LogP contribution in [0.15, 0.2) is 51.8 Å². The summed E-state index contributed by atoms with van der Waals surface area (Å²) in [5.41, 5.74) is 5.28. The molecule has 0 heterocycles. The number of methoxy groups -OCH3 is 1. The van der Waals surface area contributed by atoms with Gasteiger partial charge in [-0.25, -0.2) is 0 Å². The zero-order chi connectivity index (χ0) is 15.2. The molecule has 0 aromatic heterocycles. The maximum Gasteiger partial charge on any atom is 0.133 e. The SMILES string of the molecule is COc1ccc(CC(NN)c2ccc(SC)cc2)cc1Br. The van der Waals surface area contributed by atoms with Gasteiger partial charge in [-0.2, -0.15) is 0 Å². The van der Waals surface area contributed by atoms with E-state index in [-0.39, 0.29) is 6.04 Å². The number of rotatable bonds is 6. The van der Waals surface area contributed by atoms with Crippen LogP contribution in [0.1, 0.15) is 17.2 Å². The van der Waals surface area contributed by atoms with Gasteiger partial charge < -0.3 is 4.74 Å². The first kappa shape index (κ1) is 16.4. The summed E-state index contributed by atoms with van der Waals surface area (Å²) in [6.07, 6.45) is 2.89. The lowest BCUT2D eigenvalue weighted by Gasteiger charge is -2.17. The van der Waals surface area contributed by atoms with Gasteiger partial charge in [0.05, 0.1) is 11.6 Å². The molecule has 0 spiro atoms. The summed E-state index contributed by atoms with van der Waals surface area (Å²) in [5.74, 6) is 6.56. The monoisotopic (exact) mass is 366 g/mol. The normalized spacial score (nSPS) is 12.2. The van der Waals surface area contributed by atoms with Crippen LogP contribution in [0.25, 0.3) is 0 Å². The van der Waals surface area contributed by atoms with Gasteiger partial charge in [0.1, 0.15) is 5.75 Å². The van der Waals surface area contributed by atoms with E-state index >= 15 is 0 Å². The molecule has 2 aromatic rings. The predicted molar refractivity (Wildman–Crippen MR) is 92.7 cm³/mol. The third-order valence-corrected chi connectivity index (χ3v) is 4.74. The van der Waals surface area contributed by atoms with Crippen molar-refractivity contribution in [1.82, 2.24) is 5.43 Å². The van der Waals surface area contributed by atoms with Crippen molar-refractivity contribution in [3.05, 3.63) is 58.1 Å². The van der Waals surface area contributed by atoms with Crippen molar-refractivity contribution in [2.24, 2.45) is 5.84 Å². The van der Waals surface area contributed by atoms with E-state index in [2.05, 4.69) is 64.0 Å². The Bertz CT molecular complexity index is 589. The van der Waals surface area contributed by atoms with E-state index in [1.54, 1.807) is 18.9 Å². The van der Waals surface area contributed by atoms with Gasteiger partial charge in [-0.15, -0.1) is 11.8 Å². The molecule has 5 heteroatoms. The van der Waals surface area contributed by atoms with Gasteiger partial charge >= 0.3 is 0 Å². The molecule has 0 bridgehead atoms. The number of nitrogens with two attached hydrogens (primary N) is 1. The number of ether oxygens (including phenoxy) is 1. The van der Waals surface area contributed by atoms with Crippen LogP contribution in [0.5, 0.6) is 5.75 Å². The second-order valence-electron chi connectivity index (χ2n) is 4.67. The fourth-order valence-electron chi connectivity index (χ4n) is 2.18. The van der Waals surface area contributed by atoms with Gasteiger partial charge in [0.2, 0.25) is 0 Å². The van der Waals surface area contributed by atoms with E-state index in [1.807, 2.05) is 6.07 Å². The van der Waals surface area contributed by atoms with Gasteiger partial charge in [0.15, 0.2) is 0 Å². The summed E-state index contributed by atoms with van der Waals surface area (Å²) in [4.78, 5) is 1.25. The van der Waals surface area contributed by atoms with Crippen molar-refractivity contribution in [2.45, 2.75) is 17.4 Å². The quantitative estimate of drug-likeness (QED) is 0.462. The number of hydrogen-bond acceptors (Lipinski definition) is 4. The van der Waals surface area contributed by atoms with Crippen LogP contribution < -0.4 is 16.0 Å². The van der Waals surface area contributed by atoms with Crippen LogP contribution in [-0.2, 0) is 6.42 Å². The Balaban J connectivity index is 2.16. The molecular formula is C16H19BrN2OS. The highest BCUT2D eigenvalue weighted by Crippen LogP contribution is 2.28. The first-order valence-electron chi connectivity index (χ1n) is 6.60. The lowest BCUT2D eigenvalue weighted by atomic mass is 9.99. The van der Waals surface area contributed by atoms with Crippen LogP contribution >= 0.6 is 27.7 Å². The van der Waals surface area contributed by atoms with Crippen LogP contribution in [0.2, 0.25) is 0 Å². The molecule has 2 rings (SSSR count). The van der Waals surface area contributed by atoms with Crippen molar-refractivity contribution in [3.8, 4) is 5.75 Å². The van der Waals surface area contributed by atoms with E-state index in [9.17, 15) is 0 Å². The van der Waals surface area contributed by atoms with E-state index in [1.165, 1.54) is 16.0 Å². The number of thioether (sulfide) groups is 1. The highest BCUT2D eigenvalue weighted by molar-refractivity contribution is 9.10. The van der Waals surface area contributed by atoms with E-state index in [0.717, 1.165) is 16.6 Å². The van der Waals surface area contributed by atoms with Gasteiger partial charge in [0, 0.05) is 10.9 Å². The van der Waals surface area contributed by atoms with Crippen molar-refractivity contribution in [2.75, 3.05) is 13.4 Å². The van der Waals surface area contributed by atoms with Crippen molar-refractivity contribution in [1.29, 1.82) is 0 Å². The number of hydrazine groups is 1. The number of halogens is 1. The Morgan fingerprint density at radius 3 is 2.48 bits per heavy atom. The Kier molecular flexibility index (Phi) is 6.11. The summed E-state index contributed by atoms with van der Waals surface area (Å²) in [6, 6.07) is 14.7. The molecule has 0 aliphatic heterocycles. The molecule has 0 saturated heterocycles. The van der Waals surface area contributed by atoms with Gasteiger partial charge in [-0.3, -0.25) is 11.3 Å². The molecule has 0 aliphatic carbocycles. The number of benzene rings is 2. The van der Waals surface area contributed by atoms with Crippen molar-refractivity contribution >= 4 is 27.7 Å². The van der Waals surface area contributed by atoms with Gasteiger partial charge in [0.25, 0.3) is 0 Å². The average Bonchev–Trinajstić information content (AvgIpc) is 2.53. The first-order chi connectivity index (χ1) is 10.2. The van der Waals surface area contributed by atoms with Crippen molar-refractivity contribution in [3.63, 3.8) is 0 Å². The smallest absolute Gasteiger partial charge is 0.133 e. The average molecular weight is 367 g/mol. The molecule has 0 fully saturated rings. The molecule has 1 atom stereocenters. The lowest BCUT2D eigenvalue weighted by Crippen LogP contribution is -2.29. The van der Waals surface area contributed by atoms with Gasteiger partial charge in [-0.1, -0.05) is 18.2 Å². The predicted octanol–water partition coefficient (Wildman–Crippen LogP) is 3.93. The highest BCUT2D eigenvalue weighted by Gasteiger charge is 2.12. The standard InChI is InChI=1S/C16H19BrN2OS/c1-20-16-8-3-11(9-14(16)17)10-15(19-18)12-4-6-13(21-2)7-5-12/h3-9,15,19H,10,18H2,1-2H3. The summed E-state index contributed by atoms with van der Waals surface area (Å²) >= 11 is 5.25. The molecule has 0 aliphatic rings. The second kappa shape index (κ2) is 7.84. The zero-order valence-electron chi connectivity index (χ0n) is 12.1. The van der Waals surface area contributed by atoms with E-state index < -0.39 is 0 Å². The minimum absolute atomic E-state index is 0.0844. The summed E-state index contributed by atoms with van der Waals surface area (Å²) in [7, 11) is 1.66. The topological polar surface area (TPSA) is 47.3 Å². The van der Waals surface area contributed by atoms with Gasteiger partial charge in [-0.05, 0) is 64.0 Å². The molecular weight excluding hydrogens is 348 g/mol. The van der Waals surface area contributed by atoms with Crippen LogP contribution in [-0.4, -0.2) is 13.4 Å². The largest absolute Gasteiger partial charge is 0.496 e. The Labute approximate surface area is 138 Å². The fraction of sp³-hybridized carbons (Fsp3) is 0.250. The third kappa shape index (κ3) is 4.23. The van der Waals surface area contributed by atoms with Crippen LogP contribution in [0.3, 0.4) is 0 Å². The van der Waals surface area contributed by atoms with E-state index in [0.29, 0.717) is 0 Å². The molecule has 0 saturated carbocycles. The molecule has 3 N–H and O–H groups in total. The van der Waals surface area contributed by atoms with E-state index in [4.69, 9.17) is 10.6 Å². The van der Waals surface area contributed by atoms with Crippen LogP contribution in [0.4, 0.5) is 0 Å². The highest BCUT2D eigenvalue weighted by atomic mass is 79.9. The first-order valence-corrected chi connectivity index (χ1v) is 8.62. The lowest BCUT2D eigenvalue weighted by molar-refractivity contribution is 0.412. The summed E-state index contributed by atoms with van der Waals surface area (Å²) in [5, 5.41) is 0. The Hall–Kier alpha value is -1.01. The Morgan fingerprint density at radius 2 is 1.95 bits per heavy atom. The second-order valence-corrected chi connectivity index (χ2v) is 6.40. The number of hydrogen-bond donors (Lipinski definition) is 2. The minimum Gasteiger partial charge on any atom is -0.496 e. The summed E-state index contributed by atoms with van der Waals surface area (Å²) in [6.45, 7) is 0. The zero-order valence-corrected chi connectivity index (χ0v) is 14.5. The van der Waals surface area contributed by atoms with Crippen LogP contribution in [0, 0.1) is 0 Å². The molecule has 0 amide bonds. The minimum atomic E-state index is 0.0844. The Morgan fingerprint density at radius 1 is 1.24 bits per heavy atom. The molecule has 3 nitrogen and oxygen atoms in total. The maximum absolute atomic E-state index is 5.73. The third-order valence-electron chi connectivity index (χ3n) is 3.38. The van der Waals surface area contributed by atoms with Crippen molar-refractivity contribution < 1.29 is 4.74 Å². The summed E-state index contributed by atoms with van der Waals surface area (Å²) < 4.78 is 6.21. The molecule has 21 heavy (non-hydrogen) atoms. The maximum atomic E-state index is 5.73. The molecule has 1 unspecified atom stereocenters. The molecule has 2 aromatic carbocycles. The molecule has 112 valence electrons. The number of nitrogens with one attached hydrogen (secondary N) is 1. The molecule has 0 radical (unpaired) electrons. The fourth-order valence-corrected chi connectivity index (χ4v) is 3.18.